The van der Waals surface area contributed by atoms with Crippen molar-refractivity contribution in [3.05, 3.63) is 29.8 Å². The monoisotopic (exact) mass is 257 g/mol. The molecule has 1 fully saturated rings. The topological polar surface area (TPSA) is 29.1 Å². The molecule has 1 amide bonds. The average molecular weight is 257 g/mol. The highest BCUT2D eigenvalue weighted by Crippen LogP contribution is 2.35. The number of hydrogen-bond donors (Lipinski definition) is 1. The number of rotatable bonds is 1. The van der Waals surface area contributed by atoms with Crippen LogP contribution in [0.4, 0.5) is 5.69 Å². The fourth-order valence-corrected chi connectivity index (χ4v) is 3.69. The van der Waals surface area contributed by atoms with Gasteiger partial charge in [0.2, 0.25) is 5.91 Å². The minimum Gasteiger partial charge on any atom is -0.326 e. The molecule has 1 aromatic carbocycles. The van der Waals surface area contributed by atoms with Crippen molar-refractivity contribution in [2.24, 2.45) is 11.8 Å². The van der Waals surface area contributed by atoms with Crippen molar-refractivity contribution in [1.29, 1.82) is 0 Å². The molecule has 1 heterocycles. The van der Waals surface area contributed by atoms with Gasteiger partial charge in [-0.2, -0.15) is 0 Å². The first-order chi connectivity index (χ1) is 9.34. The van der Waals surface area contributed by atoms with Crippen molar-refractivity contribution in [2.75, 3.05) is 5.32 Å². The van der Waals surface area contributed by atoms with Crippen molar-refractivity contribution < 1.29 is 4.79 Å². The molecule has 1 atom stereocenters. The highest BCUT2D eigenvalue weighted by molar-refractivity contribution is 5.94. The number of aryl methyl sites for hydroxylation is 1. The zero-order valence-corrected chi connectivity index (χ0v) is 11.5. The first kappa shape index (κ1) is 12.7. The summed E-state index contributed by atoms with van der Waals surface area (Å²) in [6, 6.07) is 8.25. The summed E-state index contributed by atoms with van der Waals surface area (Å²) in [5, 5.41) is 3.15. The van der Waals surface area contributed by atoms with Gasteiger partial charge in [0.25, 0.3) is 0 Å². The molecule has 0 saturated heterocycles. The number of hydrogen-bond acceptors (Lipinski definition) is 1. The molecule has 2 nitrogen and oxygen atoms in total. The normalized spacial score (nSPS) is 25.1. The van der Waals surface area contributed by atoms with Gasteiger partial charge in [-0.15, -0.1) is 0 Å². The molecule has 0 spiro atoms. The summed E-state index contributed by atoms with van der Waals surface area (Å²) in [4.78, 5) is 12.5. The van der Waals surface area contributed by atoms with Crippen LogP contribution in [0.15, 0.2) is 24.3 Å². The number of para-hydroxylation sites is 1. The molecule has 102 valence electrons. The summed E-state index contributed by atoms with van der Waals surface area (Å²) < 4.78 is 0. The van der Waals surface area contributed by atoms with E-state index < -0.39 is 0 Å². The van der Waals surface area contributed by atoms with Crippen LogP contribution in [-0.4, -0.2) is 5.91 Å². The molecule has 2 heteroatoms. The Bertz CT molecular complexity index is 446. The molecule has 2 aliphatic rings. The molecule has 0 radical (unpaired) electrons. The van der Waals surface area contributed by atoms with Gasteiger partial charge in [-0.1, -0.05) is 43.9 Å². The molecule has 1 aromatic rings. The molecule has 1 saturated carbocycles. The summed E-state index contributed by atoms with van der Waals surface area (Å²) in [6.07, 6.45) is 9.87. The quantitative estimate of drug-likeness (QED) is 0.752. The van der Waals surface area contributed by atoms with E-state index >= 15 is 0 Å². The lowest BCUT2D eigenvalue weighted by molar-refractivity contribution is -0.121. The first-order valence-corrected chi connectivity index (χ1v) is 7.73. The molecule has 1 aliphatic heterocycles. The lowest BCUT2D eigenvalue weighted by Crippen LogP contribution is -2.28. The lowest BCUT2D eigenvalue weighted by atomic mass is 9.82. The van der Waals surface area contributed by atoms with Crippen LogP contribution in [0.3, 0.4) is 0 Å². The molecule has 1 unspecified atom stereocenters. The standard InChI is InChI=1S/C17H23NO/c19-17-15(13-7-3-1-2-4-8-13)12-11-14-9-5-6-10-16(14)18-17/h5-6,9-10,13,15H,1-4,7-8,11-12H2,(H,18,19). The second kappa shape index (κ2) is 5.77. The number of fused-ring (bicyclic) bond motifs is 1. The van der Waals surface area contributed by atoms with E-state index in [0.29, 0.717) is 5.92 Å². The number of carbonyl (C=O) groups is 1. The number of benzene rings is 1. The van der Waals surface area contributed by atoms with Crippen LogP contribution in [-0.2, 0) is 11.2 Å². The van der Waals surface area contributed by atoms with E-state index in [1.807, 2.05) is 12.1 Å². The van der Waals surface area contributed by atoms with Crippen molar-refractivity contribution in [3.8, 4) is 0 Å². The van der Waals surface area contributed by atoms with Gasteiger partial charge in [-0.25, -0.2) is 0 Å². The third-order valence-electron chi connectivity index (χ3n) is 4.81. The zero-order valence-electron chi connectivity index (χ0n) is 11.5. The maximum atomic E-state index is 12.5. The molecular formula is C17H23NO. The van der Waals surface area contributed by atoms with Crippen LogP contribution in [0.25, 0.3) is 0 Å². The van der Waals surface area contributed by atoms with Crippen LogP contribution >= 0.6 is 0 Å². The van der Waals surface area contributed by atoms with E-state index in [1.165, 1.54) is 44.1 Å². The van der Waals surface area contributed by atoms with E-state index in [1.54, 1.807) is 0 Å². The van der Waals surface area contributed by atoms with Gasteiger partial charge in [0.1, 0.15) is 0 Å². The summed E-state index contributed by atoms with van der Waals surface area (Å²) in [5.74, 6) is 1.10. The van der Waals surface area contributed by atoms with Crippen molar-refractivity contribution in [2.45, 2.75) is 51.4 Å². The second-order valence-corrected chi connectivity index (χ2v) is 6.04. The smallest absolute Gasteiger partial charge is 0.227 e. The van der Waals surface area contributed by atoms with Gasteiger partial charge < -0.3 is 5.32 Å². The fraction of sp³-hybridized carbons (Fsp3) is 0.588. The zero-order chi connectivity index (χ0) is 13.1. The van der Waals surface area contributed by atoms with Crippen LogP contribution < -0.4 is 5.32 Å². The number of carbonyl (C=O) groups excluding carboxylic acids is 1. The first-order valence-electron chi connectivity index (χ1n) is 7.73. The van der Waals surface area contributed by atoms with Crippen LogP contribution in [0, 0.1) is 11.8 Å². The minimum absolute atomic E-state index is 0.227. The molecule has 0 aromatic heterocycles. The van der Waals surface area contributed by atoms with E-state index in [-0.39, 0.29) is 11.8 Å². The summed E-state index contributed by atoms with van der Waals surface area (Å²) in [7, 11) is 0. The second-order valence-electron chi connectivity index (χ2n) is 6.04. The Labute approximate surface area is 115 Å². The van der Waals surface area contributed by atoms with E-state index in [0.717, 1.165) is 18.5 Å². The van der Waals surface area contributed by atoms with Crippen LogP contribution in [0.2, 0.25) is 0 Å². The Morgan fingerprint density at radius 2 is 1.68 bits per heavy atom. The summed E-state index contributed by atoms with van der Waals surface area (Å²) in [5.41, 5.74) is 2.33. The fourth-order valence-electron chi connectivity index (χ4n) is 3.69. The molecule has 0 bridgehead atoms. The Balaban J connectivity index is 1.76. The van der Waals surface area contributed by atoms with Crippen LogP contribution in [0.1, 0.15) is 50.5 Å². The molecular weight excluding hydrogens is 234 g/mol. The maximum Gasteiger partial charge on any atom is 0.227 e. The Kier molecular flexibility index (Phi) is 3.86. The number of amides is 1. The maximum absolute atomic E-state index is 12.5. The molecule has 3 rings (SSSR count). The average Bonchev–Trinajstić information content (AvgIpc) is 2.77. The molecule has 19 heavy (non-hydrogen) atoms. The van der Waals surface area contributed by atoms with E-state index in [2.05, 4.69) is 17.4 Å². The summed E-state index contributed by atoms with van der Waals surface area (Å²) >= 11 is 0. The lowest BCUT2D eigenvalue weighted by Gasteiger charge is -2.23. The van der Waals surface area contributed by atoms with Gasteiger partial charge in [0.15, 0.2) is 0 Å². The molecule has 1 N–H and O–H groups in total. The van der Waals surface area contributed by atoms with E-state index in [4.69, 9.17) is 0 Å². The number of anilines is 1. The minimum atomic E-state index is 0.227. The van der Waals surface area contributed by atoms with Crippen molar-refractivity contribution in [3.63, 3.8) is 0 Å². The van der Waals surface area contributed by atoms with Gasteiger partial charge in [0.05, 0.1) is 0 Å². The van der Waals surface area contributed by atoms with Crippen molar-refractivity contribution in [1.82, 2.24) is 0 Å². The summed E-state index contributed by atoms with van der Waals surface area (Å²) in [6.45, 7) is 0. The molecule has 1 aliphatic carbocycles. The van der Waals surface area contributed by atoms with Gasteiger partial charge in [-0.05, 0) is 43.2 Å². The highest BCUT2D eigenvalue weighted by Gasteiger charge is 2.30. The highest BCUT2D eigenvalue weighted by atomic mass is 16.1. The Morgan fingerprint density at radius 1 is 0.947 bits per heavy atom. The SMILES string of the molecule is O=C1Nc2ccccc2CCC1C1CCCCCC1. The van der Waals surface area contributed by atoms with Gasteiger partial charge >= 0.3 is 0 Å². The van der Waals surface area contributed by atoms with Gasteiger partial charge in [0, 0.05) is 11.6 Å². The van der Waals surface area contributed by atoms with E-state index in [9.17, 15) is 4.79 Å². The Morgan fingerprint density at radius 3 is 2.47 bits per heavy atom. The van der Waals surface area contributed by atoms with Crippen molar-refractivity contribution >= 4 is 11.6 Å². The predicted octanol–water partition coefficient (Wildman–Crippen LogP) is 4.16. The Hall–Kier alpha value is -1.31. The number of nitrogens with one attached hydrogen (secondary N) is 1. The predicted molar refractivity (Wildman–Crippen MR) is 78.1 cm³/mol. The largest absolute Gasteiger partial charge is 0.326 e. The van der Waals surface area contributed by atoms with Gasteiger partial charge in [-0.3, -0.25) is 4.79 Å². The van der Waals surface area contributed by atoms with Crippen LogP contribution in [0.5, 0.6) is 0 Å². The third kappa shape index (κ3) is 2.83. The third-order valence-corrected chi connectivity index (χ3v) is 4.81.